The lowest BCUT2D eigenvalue weighted by Gasteiger charge is -2.12. The molecule has 0 spiro atoms. The third kappa shape index (κ3) is 4.05. The smallest absolute Gasteiger partial charge is 0.416 e. The maximum Gasteiger partial charge on any atom is 0.416 e. The van der Waals surface area contributed by atoms with Crippen molar-refractivity contribution in [2.75, 3.05) is 0 Å². The van der Waals surface area contributed by atoms with Crippen LogP contribution in [0.1, 0.15) is 16.7 Å². The summed E-state index contributed by atoms with van der Waals surface area (Å²) in [7, 11) is 0. The van der Waals surface area contributed by atoms with E-state index >= 15 is 0 Å². The molecule has 7 heteroatoms. The van der Waals surface area contributed by atoms with E-state index in [0.717, 1.165) is 28.6 Å². The lowest BCUT2D eigenvalue weighted by molar-refractivity contribution is -0.146. The zero-order valence-electron chi connectivity index (χ0n) is 13.7. The number of ether oxygens (including phenoxy) is 1. The fourth-order valence-electron chi connectivity index (χ4n) is 2.67. The molecule has 4 nitrogen and oxygen atoms in total. The van der Waals surface area contributed by atoms with Gasteiger partial charge in [0.25, 0.3) is 0 Å². The minimum atomic E-state index is -4.39. The van der Waals surface area contributed by atoms with E-state index in [1.165, 1.54) is 12.1 Å². The Morgan fingerprint density at radius 3 is 2.50 bits per heavy atom. The van der Waals surface area contributed by atoms with Crippen molar-refractivity contribution in [2.45, 2.75) is 25.2 Å². The van der Waals surface area contributed by atoms with Gasteiger partial charge in [0, 0.05) is 23.5 Å². The number of esters is 1. The molecule has 2 aromatic carbocycles. The molecule has 0 saturated heterocycles. The molecule has 0 amide bonds. The minimum absolute atomic E-state index is 0.126. The highest BCUT2D eigenvalue weighted by molar-refractivity contribution is 5.84. The molecule has 1 atom stereocenters. The van der Waals surface area contributed by atoms with Crippen LogP contribution in [0.3, 0.4) is 0 Å². The minimum Gasteiger partial charge on any atom is -0.460 e. The number of H-pyrrole nitrogens is 1. The summed E-state index contributed by atoms with van der Waals surface area (Å²) >= 11 is 0. The predicted molar refractivity (Wildman–Crippen MR) is 91.2 cm³/mol. The van der Waals surface area contributed by atoms with Gasteiger partial charge >= 0.3 is 12.1 Å². The average molecular weight is 362 g/mol. The summed E-state index contributed by atoms with van der Waals surface area (Å²) in [4.78, 5) is 15.2. The second-order valence-corrected chi connectivity index (χ2v) is 5.97. The SMILES string of the molecule is N[C@@H](Cc1c[nH]c2ccccc12)C(=O)OCc1ccc(C(F)(F)F)cc1. The first-order valence-corrected chi connectivity index (χ1v) is 7.98. The molecule has 3 N–H and O–H groups in total. The van der Waals surface area contributed by atoms with Crippen LogP contribution < -0.4 is 5.73 Å². The number of hydrogen-bond acceptors (Lipinski definition) is 3. The maximum absolute atomic E-state index is 12.5. The van der Waals surface area contributed by atoms with Crippen LogP contribution in [0.25, 0.3) is 10.9 Å². The number of benzene rings is 2. The van der Waals surface area contributed by atoms with Crippen molar-refractivity contribution in [3.05, 3.63) is 71.4 Å². The normalized spacial score (nSPS) is 12.9. The predicted octanol–water partition coefficient (Wildman–Crippen LogP) is 3.80. The molecular weight excluding hydrogens is 345 g/mol. The zero-order chi connectivity index (χ0) is 18.7. The van der Waals surface area contributed by atoms with Gasteiger partial charge in [-0.25, -0.2) is 0 Å². The van der Waals surface area contributed by atoms with Gasteiger partial charge in [0.1, 0.15) is 12.6 Å². The highest BCUT2D eigenvalue weighted by Crippen LogP contribution is 2.29. The summed E-state index contributed by atoms with van der Waals surface area (Å²) in [6.07, 6.45) is -2.29. The third-order valence-electron chi connectivity index (χ3n) is 4.08. The number of fused-ring (bicyclic) bond motifs is 1. The number of aromatic nitrogens is 1. The number of alkyl halides is 3. The molecule has 0 aliphatic rings. The Kier molecular flexibility index (Phi) is 4.99. The van der Waals surface area contributed by atoms with E-state index in [9.17, 15) is 18.0 Å². The van der Waals surface area contributed by atoms with Crippen molar-refractivity contribution in [1.29, 1.82) is 0 Å². The number of aromatic amines is 1. The Labute approximate surface area is 147 Å². The van der Waals surface area contributed by atoms with Gasteiger partial charge in [-0.3, -0.25) is 4.79 Å². The largest absolute Gasteiger partial charge is 0.460 e. The number of nitrogens with one attached hydrogen (secondary N) is 1. The van der Waals surface area contributed by atoms with Crippen LogP contribution in [0.2, 0.25) is 0 Å². The Bertz CT molecular complexity index is 901. The van der Waals surface area contributed by atoms with Gasteiger partial charge in [0.05, 0.1) is 5.56 Å². The molecule has 0 bridgehead atoms. The fourth-order valence-corrected chi connectivity index (χ4v) is 2.67. The van der Waals surface area contributed by atoms with Crippen molar-refractivity contribution in [1.82, 2.24) is 4.98 Å². The summed E-state index contributed by atoms with van der Waals surface area (Å²) in [5, 5.41) is 0.985. The number of carbonyl (C=O) groups excluding carboxylic acids is 1. The van der Waals surface area contributed by atoms with Crippen LogP contribution in [0.4, 0.5) is 13.2 Å². The standard InChI is InChI=1S/C19H17F3N2O2/c20-19(21,22)14-7-5-12(6-8-14)11-26-18(25)16(23)9-13-10-24-17-4-2-1-3-15(13)17/h1-8,10,16,24H,9,11,23H2/t16-/m0/s1. The Balaban J connectivity index is 1.57. The molecule has 0 aliphatic heterocycles. The summed E-state index contributed by atoms with van der Waals surface area (Å²) in [6, 6.07) is 11.3. The molecule has 0 saturated carbocycles. The van der Waals surface area contributed by atoms with Gasteiger partial charge in [0.15, 0.2) is 0 Å². The van der Waals surface area contributed by atoms with Gasteiger partial charge < -0.3 is 15.5 Å². The second kappa shape index (κ2) is 7.21. The molecule has 0 unspecified atom stereocenters. The van der Waals surface area contributed by atoms with E-state index in [1.807, 2.05) is 24.3 Å². The maximum atomic E-state index is 12.5. The number of halogens is 3. The van der Waals surface area contributed by atoms with E-state index in [-0.39, 0.29) is 6.61 Å². The summed E-state index contributed by atoms with van der Waals surface area (Å²) < 4.78 is 42.7. The molecule has 0 aliphatic carbocycles. The van der Waals surface area contributed by atoms with E-state index in [1.54, 1.807) is 6.20 Å². The van der Waals surface area contributed by atoms with Gasteiger partial charge in [-0.1, -0.05) is 30.3 Å². The number of para-hydroxylation sites is 1. The van der Waals surface area contributed by atoms with Crippen LogP contribution in [0.5, 0.6) is 0 Å². The van der Waals surface area contributed by atoms with Crippen molar-refractivity contribution in [2.24, 2.45) is 5.73 Å². The first-order chi connectivity index (χ1) is 12.3. The van der Waals surface area contributed by atoms with Crippen molar-refractivity contribution < 1.29 is 22.7 Å². The Hall–Kier alpha value is -2.80. The first-order valence-electron chi connectivity index (χ1n) is 7.98. The average Bonchev–Trinajstić information content (AvgIpc) is 3.02. The molecule has 26 heavy (non-hydrogen) atoms. The van der Waals surface area contributed by atoms with E-state index in [4.69, 9.17) is 10.5 Å². The van der Waals surface area contributed by atoms with Gasteiger partial charge in [-0.2, -0.15) is 13.2 Å². The number of nitrogens with two attached hydrogens (primary N) is 1. The lowest BCUT2D eigenvalue weighted by Crippen LogP contribution is -2.34. The third-order valence-corrected chi connectivity index (χ3v) is 4.08. The quantitative estimate of drug-likeness (QED) is 0.679. The van der Waals surface area contributed by atoms with E-state index < -0.39 is 23.8 Å². The van der Waals surface area contributed by atoms with Crippen LogP contribution >= 0.6 is 0 Å². The summed E-state index contributed by atoms with van der Waals surface area (Å²) in [6.45, 7) is -0.126. The molecule has 3 rings (SSSR count). The Morgan fingerprint density at radius 1 is 1.12 bits per heavy atom. The van der Waals surface area contributed by atoms with Gasteiger partial charge in [0.2, 0.25) is 0 Å². The van der Waals surface area contributed by atoms with Gasteiger partial charge in [-0.05, 0) is 29.3 Å². The van der Waals surface area contributed by atoms with Crippen molar-refractivity contribution in [3.8, 4) is 0 Å². The monoisotopic (exact) mass is 362 g/mol. The van der Waals surface area contributed by atoms with Crippen LogP contribution in [-0.4, -0.2) is 17.0 Å². The van der Waals surface area contributed by atoms with Crippen LogP contribution in [0, 0.1) is 0 Å². The molecule has 136 valence electrons. The van der Waals surface area contributed by atoms with E-state index in [0.29, 0.717) is 12.0 Å². The molecule has 1 heterocycles. The van der Waals surface area contributed by atoms with Crippen LogP contribution in [-0.2, 0) is 28.7 Å². The topological polar surface area (TPSA) is 68.1 Å². The number of rotatable bonds is 5. The highest BCUT2D eigenvalue weighted by Gasteiger charge is 2.30. The summed E-state index contributed by atoms with van der Waals surface area (Å²) in [5.41, 5.74) is 7.48. The lowest BCUT2D eigenvalue weighted by atomic mass is 10.1. The first kappa shape index (κ1) is 18.0. The molecule has 0 fully saturated rings. The molecular formula is C19H17F3N2O2. The van der Waals surface area contributed by atoms with Crippen molar-refractivity contribution in [3.63, 3.8) is 0 Å². The Morgan fingerprint density at radius 2 is 1.81 bits per heavy atom. The molecule has 0 radical (unpaired) electrons. The fraction of sp³-hybridized carbons (Fsp3) is 0.211. The van der Waals surface area contributed by atoms with Crippen molar-refractivity contribution >= 4 is 16.9 Å². The number of carbonyl (C=O) groups is 1. The van der Waals surface area contributed by atoms with Gasteiger partial charge in [-0.15, -0.1) is 0 Å². The van der Waals surface area contributed by atoms with E-state index in [2.05, 4.69) is 4.98 Å². The highest BCUT2D eigenvalue weighted by atomic mass is 19.4. The second-order valence-electron chi connectivity index (χ2n) is 5.97. The zero-order valence-corrected chi connectivity index (χ0v) is 13.7. The molecule has 1 aromatic heterocycles. The van der Waals surface area contributed by atoms with Crippen LogP contribution in [0.15, 0.2) is 54.7 Å². The summed E-state index contributed by atoms with van der Waals surface area (Å²) in [5.74, 6) is -0.602. The number of hydrogen-bond donors (Lipinski definition) is 2. The molecule has 3 aromatic rings.